The molecule has 0 amide bonds. The van der Waals surface area contributed by atoms with Gasteiger partial charge in [-0.05, 0) is 49.4 Å². The minimum atomic E-state index is -4.96. The number of hydrogen-bond acceptors (Lipinski definition) is 15. The van der Waals surface area contributed by atoms with Crippen LogP contribution >= 0.6 is 15.6 Å². The molecule has 0 saturated carbocycles. The third-order valence-corrected chi connectivity index (χ3v) is 19.5. The van der Waals surface area contributed by atoms with Crippen LogP contribution in [0.25, 0.3) is 0 Å². The molecular weight excluding hydrogens is 1250 g/mol. The SMILES string of the molecule is CC(C)CCCCCCCCCCCCCC(=O)OC[C@H](COP(=O)(O)OC[C@@H](O)COP(=O)(O)OC[C@@H](COC(=O)CCCCCCCCCCCCC(C)C)OC(=O)CCCCCCCCCCCCCC(C)C)OC(=O)CCCCCCCCCCCCCC(C)C. The molecule has 0 aliphatic carbocycles. The molecule has 17 nitrogen and oxygen atoms in total. The summed E-state index contributed by atoms with van der Waals surface area (Å²) in [5.74, 6) is 0.941. The summed E-state index contributed by atoms with van der Waals surface area (Å²) in [6, 6.07) is 0. The van der Waals surface area contributed by atoms with Gasteiger partial charge in [0.15, 0.2) is 12.2 Å². The Morgan fingerprint density at radius 1 is 0.263 bits per heavy atom. The van der Waals surface area contributed by atoms with E-state index in [0.29, 0.717) is 25.7 Å². The number of carbonyl (C=O) groups excluding carboxylic acids is 4. The van der Waals surface area contributed by atoms with Crippen molar-refractivity contribution in [2.75, 3.05) is 39.6 Å². The van der Waals surface area contributed by atoms with E-state index in [1.54, 1.807) is 0 Å². The second kappa shape index (κ2) is 65.4. The molecule has 19 heteroatoms. The Morgan fingerprint density at radius 3 is 0.653 bits per heavy atom. The molecule has 0 heterocycles. The molecule has 0 spiro atoms. The van der Waals surface area contributed by atoms with Crippen LogP contribution in [0.2, 0.25) is 0 Å². The maximum atomic E-state index is 13.1. The van der Waals surface area contributed by atoms with Gasteiger partial charge in [0.1, 0.15) is 19.3 Å². The molecule has 0 fully saturated rings. The number of rotatable bonds is 73. The van der Waals surface area contributed by atoms with Crippen molar-refractivity contribution in [2.45, 2.75) is 401 Å². The Balaban J connectivity index is 5.28. The quantitative estimate of drug-likeness (QED) is 0.0222. The highest BCUT2D eigenvalue weighted by Crippen LogP contribution is 2.45. The van der Waals surface area contributed by atoms with Crippen molar-refractivity contribution in [1.29, 1.82) is 0 Å². The molecule has 0 aromatic carbocycles. The van der Waals surface area contributed by atoms with Gasteiger partial charge in [0.25, 0.3) is 0 Å². The van der Waals surface area contributed by atoms with Crippen molar-refractivity contribution in [3.05, 3.63) is 0 Å². The van der Waals surface area contributed by atoms with Crippen molar-refractivity contribution < 1.29 is 80.2 Å². The first-order chi connectivity index (χ1) is 45.6. The molecule has 3 N–H and O–H groups in total. The molecule has 5 atom stereocenters. The van der Waals surface area contributed by atoms with E-state index in [0.717, 1.165) is 114 Å². The normalized spacial score (nSPS) is 14.1. The second-order valence-electron chi connectivity index (χ2n) is 29.3. The van der Waals surface area contributed by atoms with Crippen molar-refractivity contribution in [2.24, 2.45) is 23.7 Å². The fourth-order valence-corrected chi connectivity index (χ4v) is 13.1. The van der Waals surface area contributed by atoms with Crippen LogP contribution in [0.1, 0.15) is 383 Å². The summed E-state index contributed by atoms with van der Waals surface area (Å²) in [5.41, 5.74) is 0. The van der Waals surface area contributed by atoms with E-state index in [-0.39, 0.29) is 25.7 Å². The number of phosphoric ester groups is 2. The predicted octanol–water partition coefficient (Wildman–Crippen LogP) is 22.0. The molecule has 0 aliphatic rings. The van der Waals surface area contributed by atoms with Crippen molar-refractivity contribution in [3.63, 3.8) is 0 Å². The lowest BCUT2D eigenvalue weighted by Crippen LogP contribution is -2.30. The van der Waals surface area contributed by atoms with E-state index < -0.39 is 97.5 Å². The van der Waals surface area contributed by atoms with Crippen LogP contribution in [-0.4, -0.2) is 96.7 Å². The van der Waals surface area contributed by atoms with Gasteiger partial charge in [-0.2, -0.15) is 0 Å². The number of unbranched alkanes of at least 4 members (excludes halogenated alkanes) is 39. The monoisotopic (exact) mass is 1400 g/mol. The summed E-state index contributed by atoms with van der Waals surface area (Å²) in [6.07, 6.45) is 49.8. The van der Waals surface area contributed by atoms with E-state index in [1.807, 2.05) is 0 Å². The number of phosphoric acid groups is 2. The molecule has 0 aromatic rings. The number of ether oxygens (including phenoxy) is 4. The topological polar surface area (TPSA) is 237 Å². The molecule has 0 rings (SSSR count). The fraction of sp³-hybridized carbons (Fsp3) is 0.947. The zero-order valence-corrected chi connectivity index (χ0v) is 64.1. The maximum absolute atomic E-state index is 13.1. The van der Waals surface area contributed by atoms with Gasteiger partial charge in [-0.15, -0.1) is 0 Å². The van der Waals surface area contributed by atoms with Gasteiger partial charge >= 0.3 is 39.5 Å². The van der Waals surface area contributed by atoms with E-state index in [2.05, 4.69) is 55.4 Å². The second-order valence-corrected chi connectivity index (χ2v) is 32.2. The molecular formula is C76H148O17P2. The average molecular weight is 1400 g/mol. The highest BCUT2D eigenvalue weighted by molar-refractivity contribution is 7.47. The number of aliphatic hydroxyl groups excluding tert-OH is 1. The van der Waals surface area contributed by atoms with Crippen LogP contribution in [0, 0.1) is 23.7 Å². The summed E-state index contributed by atoms with van der Waals surface area (Å²) in [5, 5.41) is 10.6. The van der Waals surface area contributed by atoms with Gasteiger partial charge in [-0.3, -0.25) is 37.3 Å². The van der Waals surface area contributed by atoms with Gasteiger partial charge in [0.05, 0.1) is 26.4 Å². The maximum Gasteiger partial charge on any atom is 0.472 e. The fourth-order valence-electron chi connectivity index (χ4n) is 11.6. The summed E-state index contributed by atoms with van der Waals surface area (Å²) in [6.45, 7) is 14.2. The Hall–Kier alpha value is -1.94. The molecule has 564 valence electrons. The molecule has 0 bridgehead atoms. The van der Waals surface area contributed by atoms with Crippen LogP contribution in [-0.2, 0) is 65.4 Å². The van der Waals surface area contributed by atoms with Crippen LogP contribution < -0.4 is 0 Å². The third-order valence-electron chi connectivity index (χ3n) is 17.6. The summed E-state index contributed by atoms with van der Waals surface area (Å²) < 4.78 is 68.6. The largest absolute Gasteiger partial charge is 0.472 e. The van der Waals surface area contributed by atoms with Gasteiger partial charge in [0.2, 0.25) is 0 Å². The Bertz CT molecular complexity index is 1870. The lowest BCUT2D eigenvalue weighted by Gasteiger charge is -2.21. The highest BCUT2D eigenvalue weighted by Gasteiger charge is 2.30. The summed E-state index contributed by atoms with van der Waals surface area (Å²) in [7, 11) is -9.92. The third kappa shape index (κ3) is 70.3. The average Bonchev–Trinajstić information content (AvgIpc) is 1.57. The zero-order chi connectivity index (χ0) is 70.3. The molecule has 2 unspecified atom stereocenters. The molecule has 0 saturated heterocycles. The Labute approximate surface area is 581 Å². The van der Waals surface area contributed by atoms with Crippen LogP contribution in [0.3, 0.4) is 0 Å². The number of hydrogen-bond donors (Lipinski definition) is 3. The number of aliphatic hydroxyl groups is 1. The standard InChI is InChI=1S/C76H148O17P2/c1-66(2)52-44-36-28-20-12-9-15-24-32-40-48-56-73(78)86-62-71(92-75(80)58-50-42-34-26-16-10-13-21-29-37-45-53-67(3)4)64-90-94(82,83)88-60-70(77)61-89-95(84,85)91-65-72(63-87-74(79)57-49-41-33-25-19-18-23-31-39-47-55-69(7)8)93-76(81)59-51-43-35-27-17-11-14-22-30-38-46-54-68(5)6/h66-72,77H,9-65H2,1-8H3,(H,82,83)(H,84,85)/t70-,71-,72-/m1/s1. The van der Waals surface area contributed by atoms with E-state index in [4.69, 9.17) is 37.0 Å². The Kier molecular flexibility index (Phi) is 64.0. The molecule has 0 aliphatic heterocycles. The first kappa shape index (κ1) is 93.1. The van der Waals surface area contributed by atoms with Crippen LogP contribution in [0.4, 0.5) is 0 Å². The van der Waals surface area contributed by atoms with E-state index in [9.17, 15) is 43.2 Å². The van der Waals surface area contributed by atoms with E-state index in [1.165, 1.54) is 186 Å². The summed E-state index contributed by atoms with van der Waals surface area (Å²) in [4.78, 5) is 72.9. The first-order valence-electron chi connectivity index (χ1n) is 39.2. The lowest BCUT2D eigenvalue weighted by molar-refractivity contribution is -0.161. The Morgan fingerprint density at radius 2 is 0.442 bits per heavy atom. The zero-order valence-electron chi connectivity index (χ0n) is 62.3. The van der Waals surface area contributed by atoms with E-state index >= 15 is 0 Å². The van der Waals surface area contributed by atoms with Crippen molar-refractivity contribution in [3.8, 4) is 0 Å². The number of esters is 4. The van der Waals surface area contributed by atoms with Crippen LogP contribution in [0.5, 0.6) is 0 Å². The lowest BCUT2D eigenvalue weighted by atomic mass is 10.0. The van der Waals surface area contributed by atoms with Crippen molar-refractivity contribution >= 4 is 39.5 Å². The number of carbonyl (C=O) groups is 4. The predicted molar refractivity (Wildman–Crippen MR) is 386 cm³/mol. The molecule has 0 aromatic heterocycles. The van der Waals surface area contributed by atoms with Crippen molar-refractivity contribution in [1.82, 2.24) is 0 Å². The molecule has 95 heavy (non-hydrogen) atoms. The molecule has 0 radical (unpaired) electrons. The first-order valence-corrected chi connectivity index (χ1v) is 42.2. The van der Waals surface area contributed by atoms with Gasteiger partial charge in [-0.25, -0.2) is 9.13 Å². The van der Waals surface area contributed by atoms with Gasteiger partial charge in [-0.1, -0.05) is 331 Å². The van der Waals surface area contributed by atoms with Gasteiger partial charge in [0, 0.05) is 25.7 Å². The minimum Gasteiger partial charge on any atom is -0.462 e. The summed E-state index contributed by atoms with van der Waals surface area (Å²) >= 11 is 0. The minimum absolute atomic E-state index is 0.106. The highest BCUT2D eigenvalue weighted by atomic mass is 31.2. The van der Waals surface area contributed by atoms with Crippen LogP contribution in [0.15, 0.2) is 0 Å². The van der Waals surface area contributed by atoms with Gasteiger partial charge < -0.3 is 33.8 Å². The smallest absolute Gasteiger partial charge is 0.462 e.